The quantitative estimate of drug-likeness (QED) is 0.705. The van der Waals surface area contributed by atoms with Crippen LogP contribution in [0, 0.1) is 5.92 Å². The zero-order valence-corrected chi connectivity index (χ0v) is 9.62. The second-order valence-corrected chi connectivity index (χ2v) is 4.05. The van der Waals surface area contributed by atoms with Gasteiger partial charge in [-0.25, -0.2) is 0 Å². The van der Waals surface area contributed by atoms with Crippen LogP contribution in [0.4, 0.5) is 0 Å². The Morgan fingerprint density at radius 3 is 3.07 bits per heavy atom. The molecule has 0 bridgehead atoms. The number of hydrogen-bond donors (Lipinski definition) is 1. The molecule has 88 valence electrons. The van der Waals surface area contributed by atoms with E-state index in [9.17, 15) is 4.79 Å². The average molecular weight is 215 g/mol. The normalized spacial score (nSPS) is 23.7. The van der Waals surface area contributed by atoms with Gasteiger partial charge >= 0.3 is 0 Å². The van der Waals surface area contributed by atoms with Gasteiger partial charge in [-0.1, -0.05) is 6.92 Å². The number of carbonyl (C=O) groups is 1. The number of methoxy groups -OCH3 is 1. The third-order valence-electron chi connectivity index (χ3n) is 2.74. The average Bonchev–Trinajstić information content (AvgIpc) is 2.27. The van der Waals surface area contributed by atoms with Crippen molar-refractivity contribution >= 4 is 5.78 Å². The Hall–Kier alpha value is -0.450. The molecule has 0 aromatic rings. The molecule has 0 saturated carbocycles. The Morgan fingerprint density at radius 2 is 2.47 bits per heavy atom. The molecule has 0 aromatic carbocycles. The smallest absolute Gasteiger partial charge is 0.138 e. The molecule has 0 radical (unpaired) electrons. The minimum absolute atomic E-state index is 0.0660. The molecule has 2 unspecified atom stereocenters. The van der Waals surface area contributed by atoms with E-state index in [0.29, 0.717) is 19.6 Å². The lowest BCUT2D eigenvalue weighted by Gasteiger charge is -2.24. The first kappa shape index (κ1) is 12.6. The molecule has 1 rings (SSSR count). The summed E-state index contributed by atoms with van der Waals surface area (Å²) in [6.45, 7) is 5.01. The summed E-state index contributed by atoms with van der Waals surface area (Å²) in [5, 5.41) is 3.22. The summed E-state index contributed by atoms with van der Waals surface area (Å²) in [6.07, 6.45) is 1.39. The van der Waals surface area contributed by atoms with Crippen molar-refractivity contribution in [2.45, 2.75) is 25.9 Å². The highest BCUT2D eigenvalue weighted by atomic mass is 16.5. The van der Waals surface area contributed by atoms with Crippen LogP contribution >= 0.6 is 0 Å². The number of carbonyl (C=O) groups excluding carboxylic acids is 1. The van der Waals surface area contributed by atoms with Gasteiger partial charge in [0.25, 0.3) is 0 Å². The molecular formula is C11H21NO3. The lowest BCUT2D eigenvalue weighted by molar-refractivity contribution is -0.126. The van der Waals surface area contributed by atoms with Gasteiger partial charge in [0.15, 0.2) is 0 Å². The van der Waals surface area contributed by atoms with Gasteiger partial charge in [-0.05, 0) is 6.42 Å². The summed E-state index contributed by atoms with van der Waals surface area (Å²) in [5.74, 6) is 0.358. The molecule has 4 nitrogen and oxygen atoms in total. The van der Waals surface area contributed by atoms with Crippen LogP contribution in [0.25, 0.3) is 0 Å². The van der Waals surface area contributed by atoms with Gasteiger partial charge in [0.2, 0.25) is 0 Å². The van der Waals surface area contributed by atoms with Crippen LogP contribution in [0.3, 0.4) is 0 Å². The zero-order valence-electron chi connectivity index (χ0n) is 9.62. The molecule has 1 heterocycles. The third-order valence-corrected chi connectivity index (χ3v) is 2.74. The Labute approximate surface area is 91.3 Å². The highest BCUT2D eigenvalue weighted by Crippen LogP contribution is 2.11. The first-order chi connectivity index (χ1) is 7.24. The molecule has 1 N–H and O–H groups in total. The largest absolute Gasteiger partial charge is 0.385 e. The maximum atomic E-state index is 11.8. The van der Waals surface area contributed by atoms with E-state index in [1.807, 2.05) is 6.92 Å². The second-order valence-electron chi connectivity index (χ2n) is 4.05. The first-order valence-corrected chi connectivity index (χ1v) is 5.58. The van der Waals surface area contributed by atoms with Gasteiger partial charge in [-0.15, -0.1) is 0 Å². The lowest BCUT2D eigenvalue weighted by Crippen LogP contribution is -2.40. The Morgan fingerprint density at radius 1 is 1.67 bits per heavy atom. The fourth-order valence-corrected chi connectivity index (χ4v) is 1.63. The standard InChI is InChI=1S/C11H21NO3/c1-9(3-5-14-2)11(13)7-10-8-12-4-6-15-10/h9-10,12H,3-8H2,1-2H3. The SMILES string of the molecule is COCCC(C)C(=O)CC1CNCCO1. The van der Waals surface area contributed by atoms with E-state index >= 15 is 0 Å². The van der Waals surface area contributed by atoms with Crippen LogP contribution in [0.1, 0.15) is 19.8 Å². The van der Waals surface area contributed by atoms with Crippen LogP contribution < -0.4 is 5.32 Å². The van der Waals surface area contributed by atoms with Gasteiger partial charge in [-0.3, -0.25) is 4.79 Å². The highest BCUT2D eigenvalue weighted by Gasteiger charge is 2.20. The van der Waals surface area contributed by atoms with Crippen LogP contribution in [0.2, 0.25) is 0 Å². The van der Waals surface area contributed by atoms with Gasteiger partial charge in [0.05, 0.1) is 12.7 Å². The molecule has 0 spiro atoms. The number of nitrogens with one attached hydrogen (secondary N) is 1. The topological polar surface area (TPSA) is 47.6 Å². The fourth-order valence-electron chi connectivity index (χ4n) is 1.63. The molecule has 4 heteroatoms. The Kier molecular flexibility index (Phi) is 5.83. The molecule has 0 amide bonds. The third kappa shape index (κ3) is 4.73. The highest BCUT2D eigenvalue weighted by molar-refractivity contribution is 5.81. The predicted octanol–water partition coefficient (Wildman–Crippen LogP) is 0.607. The predicted molar refractivity (Wildman–Crippen MR) is 57.9 cm³/mol. The molecule has 2 atom stereocenters. The molecule has 1 saturated heterocycles. The maximum absolute atomic E-state index is 11.8. The van der Waals surface area contributed by atoms with Gasteiger partial charge in [-0.2, -0.15) is 0 Å². The molecule has 0 aliphatic carbocycles. The lowest BCUT2D eigenvalue weighted by atomic mass is 9.98. The summed E-state index contributed by atoms with van der Waals surface area (Å²) in [7, 11) is 1.66. The van der Waals surface area contributed by atoms with Crippen LogP contribution in [-0.4, -0.2) is 45.3 Å². The summed E-state index contributed by atoms with van der Waals surface area (Å²) in [5.41, 5.74) is 0. The monoisotopic (exact) mass is 215 g/mol. The number of ketones is 1. The molecule has 1 aliphatic heterocycles. The molecule has 1 fully saturated rings. The summed E-state index contributed by atoms with van der Waals surface area (Å²) in [6, 6.07) is 0. The minimum Gasteiger partial charge on any atom is -0.385 e. The number of Topliss-reactive ketones (excluding diaryl/α,β-unsaturated/α-hetero) is 1. The first-order valence-electron chi connectivity index (χ1n) is 5.58. The van der Waals surface area contributed by atoms with E-state index < -0.39 is 0 Å². The van der Waals surface area contributed by atoms with Crippen LogP contribution in [0.15, 0.2) is 0 Å². The maximum Gasteiger partial charge on any atom is 0.138 e. The zero-order chi connectivity index (χ0) is 11.1. The summed E-state index contributed by atoms with van der Waals surface area (Å²) >= 11 is 0. The van der Waals surface area contributed by atoms with E-state index in [0.717, 1.165) is 19.5 Å². The van der Waals surface area contributed by atoms with E-state index in [1.165, 1.54) is 0 Å². The van der Waals surface area contributed by atoms with Crippen molar-refractivity contribution in [3.63, 3.8) is 0 Å². The summed E-state index contributed by atoms with van der Waals surface area (Å²) in [4.78, 5) is 11.8. The van der Waals surface area contributed by atoms with E-state index in [-0.39, 0.29) is 17.8 Å². The van der Waals surface area contributed by atoms with Crippen LogP contribution in [0.5, 0.6) is 0 Å². The van der Waals surface area contributed by atoms with Crippen molar-refractivity contribution in [2.75, 3.05) is 33.4 Å². The molecular weight excluding hydrogens is 194 g/mol. The second kappa shape index (κ2) is 6.93. The molecule has 15 heavy (non-hydrogen) atoms. The number of rotatable bonds is 6. The number of ether oxygens (including phenoxy) is 2. The summed E-state index contributed by atoms with van der Waals surface area (Å²) < 4.78 is 10.4. The van der Waals surface area contributed by atoms with E-state index in [1.54, 1.807) is 7.11 Å². The van der Waals surface area contributed by atoms with Gasteiger partial charge in [0.1, 0.15) is 5.78 Å². The Balaban J connectivity index is 2.20. The van der Waals surface area contributed by atoms with Gasteiger partial charge in [0, 0.05) is 39.1 Å². The van der Waals surface area contributed by atoms with Crippen molar-refractivity contribution in [1.29, 1.82) is 0 Å². The minimum atomic E-state index is 0.0660. The molecule has 1 aliphatic rings. The fraction of sp³-hybridized carbons (Fsp3) is 0.909. The molecule has 0 aromatic heterocycles. The number of morpholine rings is 1. The number of hydrogen-bond acceptors (Lipinski definition) is 4. The van der Waals surface area contributed by atoms with Crippen molar-refractivity contribution in [3.8, 4) is 0 Å². The van der Waals surface area contributed by atoms with Crippen molar-refractivity contribution in [3.05, 3.63) is 0 Å². The van der Waals surface area contributed by atoms with E-state index in [4.69, 9.17) is 9.47 Å². The van der Waals surface area contributed by atoms with Crippen molar-refractivity contribution < 1.29 is 14.3 Å². The Bertz CT molecular complexity index is 190. The van der Waals surface area contributed by atoms with Crippen molar-refractivity contribution in [1.82, 2.24) is 5.32 Å². The van der Waals surface area contributed by atoms with E-state index in [2.05, 4.69) is 5.32 Å². The van der Waals surface area contributed by atoms with Gasteiger partial charge < -0.3 is 14.8 Å². The van der Waals surface area contributed by atoms with Crippen LogP contribution in [-0.2, 0) is 14.3 Å². The van der Waals surface area contributed by atoms with Crippen molar-refractivity contribution in [2.24, 2.45) is 5.92 Å².